The molecule has 0 saturated heterocycles. The van der Waals surface area contributed by atoms with Crippen LogP contribution in [-0.2, 0) is 16.4 Å². The highest BCUT2D eigenvalue weighted by Gasteiger charge is 2.18. The topological polar surface area (TPSA) is 70.0 Å². The summed E-state index contributed by atoms with van der Waals surface area (Å²) in [7, 11) is -3.81. The predicted octanol–water partition coefficient (Wildman–Crippen LogP) is 6.51. The summed E-state index contributed by atoms with van der Waals surface area (Å²) in [5.41, 5.74) is 3.26. The molecule has 1 unspecified atom stereocenters. The van der Waals surface area contributed by atoms with Crippen LogP contribution in [0.2, 0.25) is 0 Å². The molecule has 6 heteroatoms. The summed E-state index contributed by atoms with van der Waals surface area (Å²) in [5, 5.41) is 8.26. The smallest absolute Gasteiger partial charge is 0.261 e. The van der Waals surface area contributed by atoms with Gasteiger partial charge in [0, 0.05) is 12.1 Å². The van der Waals surface area contributed by atoms with E-state index in [0.29, 0.717) is 30.0 Å². The van der Waals surface area contributed by atoms with Gasteiger partial charge in [-0.05, 0) is 59.2 Å². The maximum absolute atomic E-state index is 14.8. The molecule has 0 spiro atoms. The van der Waals surface area contributed by atoms with E-state index < -0.39 is 15.8 Å². The molecular weight excluding hydrogens is 423 g/mol. The quantitative estimate of drug-likeness (QED) is 0.364. The van der Waals surface area contributed by atoms with Gasteiger partial charge in [-0.25, -0.2) is 12.8 Å². The molecule has 1 atom stereocenters. The Labute approximate surface area is 190 Å². The summed E-state index contributed by atoms with van der Waals surface area (Å²) < 4.78 is 42.6. The number of rotatable bonds is 9. The third-order valence-electron chi connectivity index (χ3n) is 5.45. The van der Waals surface area contributed by atoms with Crippen LogP contribution in [0.4, 0.5) is 10.1 Å². The van der Waals surface area contributed by atoms with Gasteiger partial charge in [-0.3, -0.25) is 4.72 Å². The van der Waals surface area contributed by atoms with Crippen molar-refractivity contribution in [1.82, 2.24) is 0 Å². The van der Waals surface area contributed by atoms with Gasteiger partial charge in [-0.15, -0.1) is 0 Å². The fourth-order valence-electron chi connectivity index (χ4n) is 3.63. The Morgan fingerprint density at radius 3 is 2.22 bits per heavy atom. The maximum Gasteiger partial charge on any atom is 0.261 e. The van der Waals surface area contributed by atoms with Crippen LogP contribution in [0, 0.1) is 11.2 Å². The van der Waals surface area contributed by atoms with Crippen molar-refractivity contribution in [2.75, 3.05) is 4.72 Å². The Balaban J connectivity index is 1.68. The van der Waals surface area contributed by atoms with E-state index in [4.69, 9.17) is 5.41 Å². The molecule has 3 rings (SSSR count). The lowest BCUT2D eigenvalue weighted by molar-refractivity contribution is 0.592. The number of nitrogens with one attached hydrogen (secondary N) is 2. The first-order valence-corrected chi connectivity index (χ1v) is 12.2. The van der Waals surface area contributed by atoms with Crippen LogP contribution in [0.25, 0.3) is 0 Å². The molecular formula is C26H29FN2O2S. The van der Waals surface area contributed by atoms with Gasteiger partial charge in [-0.2, -0.15) is 0 Å². The third-order valence-corrected chi connectivity index (χ3v) is 6.85. The molecule has 0 aliphatic carbocycles. The average Bonchev–Trinajstić information content (AvgIpc) is 2.74. The summed E-state index contributed by atoms with van der Waals surface area (Å²) in [6.45, 7) is 5.95. The highest BCUT2D eigenvalue weighted by molar-refractivity contribution is 7.92. The van der Waals surface area contributed by atoms with Crippen LogP contribution in [-0.4, -0.2) is 14.1 Å². The molecule has 0 bridgehead atoms. The van der Waals surface area contributed by atoms with Gasteiger partial charge in [0.2, 0.25) is 0 Å². The van der Waals surface area contributed by atoms with E-state index in [1.807, 2.05) is 51.1 Å². The van der Waals surface area contributed by atoms with Crippen LogP contribution in [0.3, 0.4) is 0 Å². The fourth-order valence-corrected chi connectivity index (χ4v) is 4.68. The van der Waals surface area contributed by atoms with E-state index in [0.717, 1.165) is 11.1 Å². The van der Waals surface area contributed by atoms with Crippen LogP contribution in [0.15, 0.2) is 77.7 Å². The van der Waals surface area contributed by atoms with Gasteiger partial charge in [0.1, 0.15) is 5.82 Å². The molecule has 0 amide bonds. The lowest BCUT2D eigenvalue weighted by Gasteiger charge is -2.15. The van der Waals surface area contributed by atoms with Crippen molar-refractivity contribution in [2.24, 2.45) is 0 Å². The highest BCUT2D eigenvalue weighted by Crippen LogP contribution is 2.27. The summed E-state index contributed by atoms with van der Waals surface area (Å²) in [6, 6.07) is 20.8. The van der Waals surface area contributed by atoms with Gasteiger partial charge in [-0.1, -0.05) is 69.3 Å². The Morgan fingerprint density at radius 2 is 1.62 bits per heavy atom. The van der Waals surface area contributed by atoms with Crippen molar-refractivity contribution in [3.05, 3.63) is 95.3 Å². The van der Waals surface area contributed by atoms with E-state index in [1.165, 1.54) is 6.07 Å². The largest absolute Gasteiger partial charge is 0.309 e. The minimum Gasteiger partial charge on any atom is -0.309 e. The van der Waals surface area contributed by atoms with Gasteiger partial charge in [0.05, 0.1) is 10.6 Å². The number of sulfonamides is 1. The van der Waals surface area contributed by atoms with Crippen molar-refractivity contribution >= 4 is 21.4 Å². The molecule has 32 heavy (non-hydrogen) atoms. The molecule has 2 N–H and O–H groups in total. The second-order valence-electron chi connectivity index (χ2n) is 8.44. The van der Waals surface area contributed by atoms with Crippen LogP contribution < -0.4 is 4.72 Å². The van der Waals surface area contributed by atoms with Gasteiger partial charge in [0.15, 0.2) is 0 Å². The molecule has 0 fully saturated rings. The number of anilines is 1. The molecule has 168 valence electrons. The van der Waals surface area contributed by atoms with Gasteiger partial charge < -0.3 is 5.41 Å². The first-order valence-electron chi connectivity index (χ1n) is 10.7. The van der Waals surface area contributed by atoms with E-state index in [-0.39, 0.29) is 16.5 Å². The van der Waals surface area contributed by atoms with E-state index >= 15 is 0 Å². The lowest BCUT2D eigenvalue weighted by Crippen LogP contribution is -2.14. The highest BCUT2D eigenvalue weighted by atomic mass is 32.2. The van der Waals surface area contributed by atoms with E-state index in [1.54, 1.807) is 36.4 Å². The Bertz CT molecular complexity index is 1170. The SMILES string of the molecule is CC(C)c1ccc(S(=O)(=O)Nc2ccc(C(C)CC(=N)Cc3ccccc3)c(F)c2)cc1. The normalized spacial score (nSPS) is 12.5. The minimum atomic E-state index is -3.81. The van der Waals surface area contributed by atoms with Crippen LogP contribution in [0.5, 0.6) is 0 Å². The van der Waals surface area contributed by atoms with Gasteiger partial charge >= 0.3 is 0 Å². The molecule has 0 radical (unpaired) electrons. The number of benzene rings is 3. The molecule has 0 aliphatic heterocycles. The zero-order chi connectivity index (χ0) is 23.3. The fraction of sp³-hybridized carbons (Fsp3) is 0.269. The van der Waals surface area contributed by atoms with Crippen molar-refractivity contribution < 1.29 is 12.8 Å². The lowest BCUT2D eigenvalue weighted by atomic mass is 9.92. The zero-order valence-corrected chi connectivity index (χ0v) is 19.4. The molecule has 0 aliphatic rings. The molecule has 0 aromatic heterocycles. The average molecular weight is 453 g/mol. The first kappa shape index (κ1) is 23.7. The summed E-state index contributed by atoms with van der Waals surface area (Å²) in [5.74, 6) is -0.377. The third kappa shape index (κ3) is 6.04. The molecule has 0 saturated carbocycles. The molecule has 3 aromatic rings. The summed E-state index contributed by atoms with van der Waals surface area (Å²) >= 11 is 0. The second kappa shape index (κ2) is 10.1. The zero-order valence-electron chi connectivity index (χ0n) is 18.6. The molecule has 3 aromatic carbocycles. The molecule has 4 nitrogen and oxygen atoms in total. The monoisotopic (exact) mass is 452 g/mol. The minimum absolute atomic E-state index is 0.133. The Kier molecular flexibility index (Phi) is 7.46. The number of halogens is 1. The van der Waals surface area contributed by atoms with Crippen LogP contribution >= 0.6 is 0 Å². The summed E-state index contributed by atoms with van der Waals surface area (Å²) in [6.07, 6.45) is 0.958. The maximum atomic E-state index is 14.8. The standard InChI is InChI=1S/C26H29FN2O2S/c1-18(2)21-9-12-24(13-10-21)32(30,31)29-23-11-14-25(26(27)17-23)19(3)15-22(28)16-20-7-5-4-6-8-20/h4-14,17-19,28-29H,15-16H2,1-3H3. The van der Waals surface area contributed by atoms with Crippen molar-refractivity contribution in [3.8, 4) is 0 Å². The number of hydrogen-bond acceptors (Lipinski definition) is 3. The van der Waals surface area contributed by atoms with E-state index in [2.05, 4.69) is 4.72 Å². The predicted molar refractivity (Wildman–Crippen MR) is 129 cm³/mol. The Hall–Kier alpha value is -2.99. The van der Waals surface area contributed by atoms with Gasteiger partial charge in [0.25, 0.3) is 10.0 Å². The first-order chi connectivity index (χ1) is 15.2. The molecule has 0 heterocycles. The van der Waals surface area contributed by atoms with Crippen molar-refractivity contribution in [2.45, 2.75) is 50.3 Å². The second-order valence-corrected chi connectivity index (χ2v) is 10.1. The Morgan fingerprint density at radius 1 is 0.969 bits per heavy atom. The van der Waals surface area contributed by atoms with Crippen LogP contribution in [0.1, 0.15) is 55.7 Å². The van der Waals surface area contributed by atoms with Crippen molar-refractivity contribution in [3.63, 3.8) is 0 Å². The van der Waals surface area contributed by atoms with Crippen molar-refractivity contribution in [1.29, 1.82) is 5.41 Å². The number of hydrogen-bond donors (Lipinski definition) is 2. The van der Waals surface area contributed by atoms with E-state index in [9.17, 15) is 12.8 Å². The summed E-state index contributed by atoms with van der Waals surface area (Å²) in [4.78, 5) is 0.133.